The molecular weight excluding hydrogens is 436 g/mol. The Kier molecular flexibility index (Phi) is 7.46. The molecule has 1 aromatic heterocycles. The van der Waals surface area contributed by atoms with E-state index in [0.717, 1.165) is 42.1 Å². The van der Waals surface area contributed by atoms with Crippen molar-refractivity contribution in [3.63, 3.8) is 0 Å². The van der Waals surface area contributed by atoms with Crippen LogP contribution in [0.25, 0.3) is 6.08 Å². The Bertz CT molecular complexity index is 988. The van der Waals surface area contributed by atoms with Crippen LogP contribution in [0.1, 0.15) is 37.3 Å². The molecule has 2 aromatic rings. The van der Waals surface area contributed by atoms with E-state index in [1.807, 2.05) is 61.7 Å². The second-order valence-electron chi connectivity index (χ2n) is 8.76. The summed E-state index contributed by atoms with van der Waals surface area (Å²) in [4.78, 5) is 36.2. The highest BCUT2D eigenvalue weighted by molar-refractivity contribution is 6.31. The minimum atomic E-state index is -0.716. The van der Waals surface area contributed by atoms with Gasteiger partial charge in [-0.1, -0.05) is 48.0 Å². The van der Waals surface area contributed by atoms with Crippen molar-refractivity contribution in [2.45, 2.75) is 38.1 Å². The lowest BCUT2D eigenvalue weighted by atomic mass is 9.85. The molecule has 0 aliphatic carbocycles. The number of carbonyl (C=O) groups excluding carboxylic acids is 2. The van der Waals surface area contributed by atoms with Gasteiger partial charge in [0.25, 0.3) is 5.91 Å². The Balaban J connectivity index is 1.36. The normalized spacial score (nSPS) is 19.0. The Morgan fingerprint density at radius 2 is 1.88 bits per heavy atom. The van der Waals surface area contributed by atoms with Gasteiger partial charge in [0.15, 0.2) is 0 Å². The Morgan fingerprint density at radius 3 is 2.55 bits per heavy atom. The summed E-state index contributed by atoms with van der Waals surface area (Å²) in [6.07, 6.45) is 8.38. The van der Waals surface area contributed by atoms with E-state index in [9.17, 15) is 9.59 Å². The minimum absolute atomic E-state index is 0.0360. The van der Waals surface area contributed by atoms with Gasteiger partial charge in [-0.25, -0.2) is 4.79 Å². The maximum absolute atomic E-state index is 13.5. The fourth-order valence-corrected chi connectivity index (χ4v) is 5.25. The predicted octanol–water partition coefficient (Wildman–Crippen LogP) is 4.41. The summed E-state index contributed by atoms with van der Waals surface area (Å²) in [6, 6.07) is 13.8. The van der Waals surface area contributed by atoms with Crippen LogP contribution in [0.4, 0.5) is 4.79 Å². The first-order chi connectivity index (χ1) is 16.0. The van der Waals surface area contributed by atoms with E-state index < -0.39 is 5.54 Å². The molecule has 0 N–H and O–H groups in total. The highest BCUT2D eigenvalue weighted by Gasteiger charge is 2.57. The molecule has 0 unspecified atom stereocenters. The van der Waals surface area contributed by atoms with Gasteiger partial charge < -0.3 is 4.90 Å². The second-order valence-corrected chi connectivity index (χ2v) is 9.24. The number of likely N-dealkylation sites (N-methyl/N-ethyl adjacent to an activating group) is 1. The van der Waals surface area contributed by atoms with Crippen molar-refractivity contribution in [2.75, 3.05) is 32.7 Å². The average molecular weight is 467 g/mol. The molecule has 2 saturated heterocycles. The van der Waals surface area contributed by atoms with Crippen molar-refractivity contribution in [3.05, 3.63) is 71.0 Å². The fourth-order valence-electron chi connectivity index (χ4n) is 4.96. The summed E-state index contributed by atoms with van der Waals surface area (Å²) >= 11 is 6.51. The Hall–Kier alpha value is -2.70. The van der Waals surface area contributed by atoms with Crippen LogP contribution in [0.2, 0.25) is 0 Å². The lowest BCUT2D eigenvalue weighted by Gasteiger charge is -2.41. The van der Waals surface area contributed by atoms with Crippen LogP contribution >= 0.6 is 11.6 Å². The molecule has 0 atom stereocenters. The summed E-state index contributed by atoms with van der Waals surface area (Å²) in [7, 11) is 0. The van der Waals surface area contributed by atoms with Crippen LogP contribution in [0.3, 0.4) is 0 Å². The number of pyridine rings is 1. The third-order valence-electron chi connectivity index (χ3n) is 6.69. The number of imide groups is 1. The SMILES string of the molecule is CCN1C(=O)N(CCCc2cccnc2)C(=O)C12CCN(C/C(Cl)=C/c1ccccc1)CC2. The molecule has 1 spiro atoms. The molecule has 0 radical (unpaired) electrons. The third-order valence-corrected chi connectivity index (χ3v) is 6.92. The van der Waals surface area contributed by atoms with E-state index in [2.05, 4.69) is 9.88 Å². The molecule has 1 aromatic carbocycles. The van der Waals surface area contributed by atoms with Gasteiger partial charge in [0.05, 0.1) is 0 Å². The number of urea groups is 1. The molecule has 174 valence electrons. The summed E-state index contributed by atoms with van der Waals surface area (Å²) < 4.78 is 0. The van der Waals surface area contributed by atoms with Crippen LogP contribution < -0.4 is 0 Å². The predicted molar refractivity (Wildman–Crippen MR) is 131 cm³/mol. The van der Waals surface area contributed by atoms with Crippen LogP contribution in [-0.4, -0.2) is 69.9 Å². The van der Waals surface area contributed by atoms with Crippen molar-refractivity contribution in [1.82, 2.24) is 19.7 Å². The number of hydrogen-bond acceptors (Lipinski definition) is 4. The Labute approximate surface area is 200 Å². The number of halogens is 1. The van der Waals surface area contributed by atoms with Crippen molar-refractivity contribution in [1.29, 1.82) is 0 Å². The van der Waals surface area contributed by atoms with Gasteiger partial charge in [-0.15, -0.1) is 0 Å². The standard InChI is InChI=1S/C26H31ClN4O2/c1-2-31-25(33)30(15-7-11-22-10-6-14-28-19-22)24(32)26(31)12-16-29(17-13-26)20-23(27)18-21-8-4-3-5-9-21/h3-6,8-10,14,18-19H,2,7,11-13,15-17,20H2,1H3/b23-18-. The van der Waals surface area contributed by atoms with Crippen LogP contribution in [0, 0.1) is 0 Å². The number of carbonyl (C=O) groups is 2. The quantitative estimate of drug-likeness (QED) is 0.540. The number of aryl methyl sites for hydroxylation is 1. The molecule has 2 fully saturated rings. The maximum Gasteiger partial charge on any atom is 0.327 e. The number of rotatable bonds is 8. The van der Waals surface area contributed by atoms with E-state index in [1.165, 1.54) is 4.90 Å². The van der Waals surface area contributed by atoms with Crippen LogP contribution in [0.15, 0.2) is 59.9 Å². The Morgan fingerprint density at radius 1 is 1.12 bits per heavy atom. The van der Waals surface area contributed by atoms with E-state index in [0.29, 0.717) is 32.5 Å². The van der Waals surface area contributed by atoms with E-state index in [1.54, 1.807) is 11.1 Å². The molecule has 0 bridgehead atoms. The summed E-state index contributed by atoms with van der Waals surface area (Å²) in [5.41, 5.74) is 1.48. The topological polar surface area (TPSA) is 56.8 Å². The highest BCUT2D eigenvalue weighted by Crippen LogP contribution is 2.37. The van der Waals surface area contributed by atoms with Crippen molar-refractivity contribution < 1.29 is 9.59 Å². The largest absolute Gasteiger partial charge is 0.327 e. The molecule has 6 nitrogen and oxygen atoms in total. The van der Waals surface area contributed by atoms with Crippen LogP contribution in [-0.2, 0) is 11.2 Å². The van der Waals surface area contributed by atoms with Crippen molar-refractivity contribution >= 4 is 29.6 Å². The molecular formula is C26H31ClN4O2. The number of piperidine rings is 1. The van der Waals surface area contributed by atoms with Crippen LogP contribution in [0.5, 0.6) is 0 Å². The number of nitrogens with zero attached hydrogens (tertiary/aromatic N) is 4. The van der Waals surface area contributed by atoms with Gasteiger partial charge in [0, 0.05) is 50.1 Å². The fraction of sp³-hybridized carbons (Fsp3) is 0.423. The average Bonchev–Trinajstić information content (AvgIpc) is 3.02. The first kappa shape index (κ1) is 23.5. The zero-order valence-corrected chi connectivity index (χ0v) is 19.9. The lowest BCUT2D eigenvalue weighted by Crippen LogP contribution is -2.56. The van der Waals surface area contributed by atoms with E-state index in [-0.39, 0.29) is 11.9 Å². The molecule has 3 heterocycles. The monoisotopic (exact) mass is 466 g/mol. The van der Waals surface area contributed by atoms with Gasteiger partial charge in [-0.05, 0) is 55.9 Å². The smallest absolute Gasteiger partial charge is 0.310 e. The van der Waals surface area contributed by atoms with Gasteiger partial charge in [0.1, 0.15) is 5.54 Å². The number of likely N-dealkylation sites (tertiary alicyclic amines) is 1. The highest BCUT2D eigenvalue weighted by atomic mass is 35.5. The first-order valence-electron chi connectivity index (χ1n) is 11.7. The first-order valence-corrected chi connectivity index (χ1v) is 12.1. The van der Waals surface area contributed by atoms with Crippen molar-refractivity contribution in [2.24, 2.45) is 0 Å². The van der Waals surface area contributed by atoms with Crippen molar-refractivity contribution in [3.8, 4) is 0 Å². The summed E-state index contributed by atoms with van der Waals surface area (Å²) in [5.74, 6) is -0.0360. The number of hydrogen-bond donors (Lipinski definition) is 0. The lowest BCUT2D eigenvalue weighted by molar-refractivity contribution is -0.135. The molecule has 0 saturated carbocycles. The van der Waals surface area contributed by atoms with Gasteiger partial charge in [-0.2, -0.15) is 0 Å². The van der Waals surface area contributed by atoms with Gasteiger partial charge in [-0.3, -0.25) is 19.6 Å². The zero-order chi connectivity index (χ0) is 23.3. The number of aromatic nitrogens is 1. The maximum atomic E-state index is 13.5. The second kappa shape index (κ2) is 10.5. The van der Waals surface area contributed by atoms with Gasteiger partial charge >= 0.3 is 6.03 Å². The third kappa shape index (κ3) is 5.12. The molecule has 2 aliphatic rings. The molecule has 4 rings (SSSR count). The van der Waals surface area contributed by atoms with E-state index in [4.69, 9.17) is 11.6 Å². The zero-order valence-electron chi connectivity index (χ0n) is 19.1. The number of benzene rings is 1. The molecule has 2 aliphatic heterocycles. The molecule has 33 heavy (non-hydrogen) atoms. The minimum Gasteiger partial charge on any atom is -0.310 e. The van der Waals surface area contributed by atoms with Gasteiger partial charge in [0.2, 0.25) is 0 Å². The number of amides is 3. The molecule has 7 heteroatoms. The summed E-state index contributed by atoms with van der Waals surface area (Å²) in [5, 5.41) is 0.773. The summed E-state index contributed by atoms with van der Waals surface area (Å²) in [6.45, 7) is 5.06. The van der Waals surface area contributed by atoms with E-state index >= 15 is 0 Å². The molecule has 3 amide bonds.